The number of hydrogen-bond acceptors (Lipinski definition) is 5. The van der Waals surface area contributed by atoms with E-state index in [4.69, 9.17) is 9.15 Å². The van der Waals surface area contributed by atoms with Crippen LogP contribution >= 0.6 is 0 Å². The molecule has 0 saturated heterocycles. The number of ether oxygens (including phenoxy) is 1. The SMILES string of the molecule is C[C@@H](OC(=O)c1ccc(NC(=O)c2ccco2)cc1)C(=O)c1c[nH]c2ccccc12. The van der Waals surface area contributed by atoms with Gasteiger partial charge in [-0.1, -0.05) is 18.2 Å². The number of fused-ring (bicyclic) bond motifs is 1. The van der Waals surface area contributed by atoms with Crippen molar-refractivity contribution in [3.05, 3.63) is 90.0 Å². The molecule has 0 aliphatic carbocycles. The van der Waals surface area contributed by atoms with Crippen LogP contribution in [-0.4, -0.2) is 28.7 Å². The molecule has 2 aromatic carbocycles. The van der Waals surface area contributed by atoms with Gasteiger partial charge in [-0.2, -0.15) is 0 Å². The molecule has 4 aromatic rings. The van der Waals surface area contributed by atoms with Crippen molar-refractivity contribution in [3.8, 4) is 0 Å². The quantitative estimate of drug-likeness (QED) is 0.367. The lowest BCUT2D eigenvalue weighted by Gasteiger charge is -2.12. The molecule has 2 aromatic heterocycles. The zero-order chi connectivity index (χ0) is 21.1. The van der Waals surface area contributed by atoms with Gasteiger partial charge in [-0.05, 0) is 49.4 Å². The normalized spacial score (nSPS) is 11.8. The molecular formula is C23H18N2O5. The van der Waals surface area contributed by atoms with Gasteiger partial charge in [-0.25, -0.2) is 4.79 Å². The predicted octanol–water partition coefficient (Wildman–Crippen LogP) is 4.44. The molecule has 0 aliphatic rings. The average molecular weight is 402 g/mol. The van der Waals surface area contributed by atoms with Gasteiger partial charge in [-0.3, -0.25) is 9.59 Å². The van der Waals surface area contributed by atoms with Gasteiger partial charge in [0.25, 0.3) is 5.91 Å². The van der Waals surface area contributed by atoms with Crippen LogP contribution in [0, 0.1) is 0 Å². The summed E-state index contributed by atoms with van der Waals surface area (Å²) in [4.78, 5) is 40.2. The minimum Gasteiger partial charge on any atom is -0.459 e. The molecule has 0 unspecified atom stereocenters. The van der Waals surface area contributed by atoms with E-state index < -0.39 is 18.0 Å². The standard InChI is InChI=1S/C23H18N2O5/c1-14(21(26)18-13-24-19-6-3-2-5-17(18)19)30-23(28)15-8-10-16(11-9-15)25-22(27)20-7-4-12-29-20/h2-14,24H,1H3,(H,25,27)/t14-/m1/s1. The number of aromatic amines is 1. The zero-order valence-electron chi connectivity index (χ0n) is 16.0. The highest BCUT2D eigenvalue weighted by Gasteiger charge is 2.23. The second-order valence-corrected chi connectivity index (χ2v) is 6.67. The molecule has 0 saturated carbocycles. The highest BCUT2D eigenvalue weighted by Crippen LogP contribution is 2.20. The number of furan rings is 1. The average Bonchev–Trinajstić information content (AvgIpc) is 3.44. The largest absolute Gasteiger partial charge is 0.459 e. The van der Waals surface area contributed by atoms with Gasteiger partial charge >= 0.3 is 5.97 Å². The Bertz CT molecular complexity index is 1210. The molecule has 0 aliphatic heterocycles. The third kappa shape index (κ3) is 3.86. The highest BCUT2D eigenvalue weighted by atomic mass is 16.5. The van der Waals surface area contributed by atoms with Gasteiger partial charge < -0.3 is 19.5 Å². The first-order valence-corrected chi connectivity index (χ1v) is 9.29. The second kappa shape index (κ2) is 8.08. The van der Waals surface area contributed by atoms with E-state index in [1.807, 2.05) is 24.3 Å². The summed E-state index contributed by atoms with van der Waals surface area (Å²) in [7, 11) is 0. The van der Waals surface area contributed by atoms with E-state index in [9.17, 15) is 14.4 Å². The number of Topliss-reactive ketones (excluding diaryl/α,β-unsaturated/α-hetero) is 1. The van der Waals surface area contributed by atoms with Gasteiger partial charge in [0.05, 0.1) is 11.8 Å². The number of benzene rings is 2. The first kappa shape index (κ1) is 19.2. The van der Waals surface area contributed by atoms with Crippen molar-refractivity contribution in [2.45, 2.75) is 13.0 Å². The van der Waals surface area contributed by atoms with Crippen LogP contribution < -0.4 is 5.32 Å². The Morgan fingerprint density at radius 1 is 1.00 bits per heavy atom. The van der Waals surface area contributed by atoms with E-state index in [1.165, 1.54) is 18.4 Å². The summed E-state index contributed by atoms with van der Waals surface area (Å²) in [5.74, 6) is -1.13. The fourth-order valence-electron chi connectivity index (χ4n) is 3.07. The van der Waals surface area contributed by atoms with Crippen LogP contribution in [0.5, 0.6) is 0 Å². The van der Waals surface area contributed by atoms with E-state index in [-0.39, 0.29) is 17.1 Å². The number of nitrogens with one attached hydrogen (secondary N) is 2. The first-order chi connectivity index (χ1) is 14.5. The minimum atomic E-state index is -0.949. The number of H-pyrrole nitrogens is 1. The van der Waals surface area contributed by atoms with Crippen LogP contribution in [0.3, 0.4) is 0 Å². The van der Waals surface area contributed by atoms with Gasteiger partial charge in [0.15, 0.2) is 11.9 Å². The number of hydrogen-bond donors (Lipinski definition) is 2. The van der Waals surface area contributed by atoms with E-state index in [0.717, 1.165) is 10.9 Å². The van der Waals surface area contributed by atoms with E-state index >= 15 is 0 Å². The molecule has 0 bridgehead atoms. The number of para-hydroxylation sites is 1. The predicted molar refractivity (Wildman–Crippen MR) is 111 cm³/mol. The maximum atomic E-state index is 12.7. The number of aromatic nitrogens is 1. The van der Waals surface area contributed by atoms with E-state index in [2.05, 4.69) is 10.3 Å². The van der Waals surface area contributed by atoms with Crippen molar-refractivity contribution in [2.75, 3.05) is 5.32 Å². The number of amides is 1. The van der Waals surface area contributed by atoms with Crippen molar-refractivity contribution in [1.29, 1.82) is 0 Å². The molecule has 0 spiro atoms. The Morgan fingerprint density at radius 2 is 1.77 bits per heavy atom. The molecule has 1 atom stereocenters. The summed E-state index contributed by atoms with van der Waals surface area (Å²) in [6.07, 6.45) is 2.08. The molecule has 30 heavy (non-hydrogen) atoms. The number of anilines is 1. The summed E-state index contributed by atoms with van der Waals surface area (Å²) in [6.45, 7) is 1.54. The number of carbonyl (C=O) groups excluding carboxylic acids is 3. The topological polar surface area (TPSA) is 101 Å². The number of carbonyl (C=O) groups is 3. The molecular weight excluding hydrogens is 384 g/mol. The maximum Gasteiger partial charge on any atom is 0.338 e. The van der Waals surface area contributed by atoms with Crippen LogP contribution in [0.2, 0.25) is 0 Å². The van der Waals surface area contributed by atoms with Crippen molar-refractivity contribution in [2.24, 2.45) is 0 Å². The van der Waals surface area contributed by atoms with Crippen molar-refractivity contribution < 1.29 is 23.5 Å². The minimum absolute atomic E-state index is 0.183. The van der Waals surface area contributed by atoms with Gasteiger partial charge in [-0.15, -0.1) is 0 Å². The van der Waals surface area contributed by atoms with Crippen LogP contribution in [0.1, 0.15) is 38.2 Å². The molecule has 0 fully saturated rings. The van der Waals surface area contributed by atoms with Crippen LogP contribution in [0.4, 0.5) is 5.69 Å². The van der Waals surface area contributed by atoms with Gasteiger partial charge in [0, 0.05) is 28.4 Å². The van der Waals surface area contributed by atoms with Crippen LogP contribution in [0.15, 0.2) is 77.5 Å². The van der Waals surface area contributed by atoms with Gasteiger partial charge in [0.2, 0.25) is 5.78 Å². The summed E-state index contributed by atoms with van der Waals surface area (Å²) in [6, 6.07) is 16.8. The molecule has 150 valence electrons. The Kier molecular flexibility index (Phi) is 5.17. The lowest BCUT2D eigenvalue weighted by atomic mass is 10.1. The fourth-order valence-corrected chi connectivity index (χ4v) is 3.07. The third-order valence-electron chi connectivity index (χ3n) is 4.63. The van der Waals surface area contributed by atoms with Gasteiger partial charge in [0.1, 0.15) is 0 Å². The summed E-state index contributed by atoms with van der Waals surface area (Å²) < 4.78 is 10.4. The van der Waals surface area contributed by atoms with Crippen LogP contribution in [-0.2, 0) is 4.74 Å². The lowest BCUT2D eigenvalue weighted by molar-refractivity contribution is 0.0319. The fraction of sp³-hybridized carbons (Fsp3) is 0.0870. The maximum absolute atomic E-state index is 12.7. The van der Waals surface area contributed by atoms with E-state index in [1.54, 1.807) is 37.4 Å². The molecule has 7 heteroatoms. The summed E-state index contributed by atoms with van der Waals surface area (Å²) in [5, 5.41) is 3.44. The highest BCUT2D eigenvalue weighted by molar-refractivity contribution is 6.10. The van der Waals surface area contributed by atoms with Crippen LogP contribution in [0.25, 0.3) is 10.9 Å². The number of esters is 1. The summed E-state index contributed by atoms with van der Waals surface area (Å²) in [5.41, 5.74) is 2.08. The van der Waals surface area contributed by atoms with Crippen molar-refractivity contribution in [3.63, 3.8) is 0 Å². The summed E-state index contributed by atoms with van der Waals surface area (Å²) >= 11 is 0. The smallest absolute Gasteiger partial charge is 0.338 e. The molecule has 1 amide bonds. The Labute approximate surface area is 171 Å². The molecule has 7 nitrogen and oxygen atoms in total. The van der Waals surface area contributed by atoms with E-state index in [0.29, 0.717) is 11.3 Å². The Balaban J connectivity index is 1.40. The molecule has 0 radical (unpaired) electrons. The monoisotopic (exact) mass is 402 g/mol. The number of ketones is 1. The second-order valence-electron chi connectivity index (χ2n) is 6.67. The molecule has 4 rings (SSSR count). The third-order valence-corrected chi connectivity index (χ3v) is 4.63. The zero-order valence-corrected chi connectivity index (χ0v) is 16.0. The molecule has 2 N–H and O–H groups in total. The number of rotatable bonds is 6. The lowest BCUT2D eigenvalue weighted by Crippen LogP contribution is -2.24. The Morgan fingerprint density at radius 3 is 2.50 bits per heavy atom. The van der Waals surface area contributed by atoms with Crippen molar-refractivity contribution >= 4 is 34.3 Å². The van der Waals surface area contributed by atoms with Crippen molar-refractivity contribution in [1.82, 2.24) is 4.98 Å². The Hall–Kier alpha value is -4.13. The first-order valence-electron chi connectivity index (χ1n) is 9.29. The molecule has 2 heterocycles.